The zero-order valence-electron chi connectivity index (χ0n) is 11.6. The van der Waals surface area contributed by atoms with Gasteiger partial charge in [-0.15, -0.1) is 0 Å². The van der Waals surface area contributed by atoms with Gasteiger partial charge in [0.25, 0.3) is 0 Å². The molecule has 1 aliphatic rings. The highest BCUT2D eigenvalue weighted by molar-refractivity contribution is 5.76. The summed E-state index contributed by atoms with van der Waals surface area (Å²) in [4.78, 5) is 0. The predicted octanol–water partition coefficient (Wildman–Crippen LogP) is 2.65. The second-order valence-corrected chi connectivity index (χ2v) is 5.13. The number of fused-ring (bicyclic) bond motifs is 3. The van der Waals surface area contributed by atoms with Crippen molar-refractivity contribution in [1.82, 2.24) is 0 Å². The molecule has 2 aromatic rings. The molecule has 5 heteroatoms. The van der Waals surface area contributed by atoms with E-state index in [9.17, 15) is 4.39 Å². The highest BCUT2D eigenvalue weighted by Gasteiger charge is 2.23. The summed E-state index contributed by atoms with van der Waals surface area (Å²) in [5.41, 5.74) is 8.83. The molecule has 0 saturated heterocycles. The highest BCUT2D eigenvalue weighted by Crippen LogP contribution is 2.40. The number of benzene rings is 2. The second-order valence-electron chi connectivity index (χ2n) is 5.13. The van der Waals surface area contributed by atoms with E-state index in [1.54, 1.807) is 30.3 Å². The minimum Gasteiger partial charge on any atom is -0.485 e. The van der Waals surface area contributed by atoms with Crippen LogP contribution in [0.2, 0.25) is 0 Å². The minimum atomic E-state index is -0.749. The van der Waals surface area contributed by atoms with Gasteiger partial charge < -0.3 is 10.5 Å². The van der Waals surface area contributed by atoms with E-state index in [4.69, 9.17) is 21.0 Å². The molecule has 1 aliphatic heterocycles. The van der Waals surface area contributed by atoms with Gasteiger partial charge in [0.05, 0.1) is 23.7 Å². The zero-order valence-corrected chi connectivity index (χ0v) is 11.6. The van der Waals surface area contributed by atoms with Crippen LogP contribution in [0.1, 0.15) is 16.7 Å². The highest BCUT2D eigenvalue weighted by atomic mass is 19.1. The lowest BCUT2D eigenvalue weighted by molar-refractivity contribution is 0.285. The van der Waals surface area contributed by atoms with Crippen molar-refractivity contribution in [3.05, 3.63) is 52.8 Å². The Morgan fingerprint density at radius 3 is 2.73 bits per heavy atom. The van der Waals surface area contributed by atoms with Crippen LogP contribution in [-0.4, -0.2) is 6.04 Å². The van der Waals surface area contributed by atoms with Crippen LogP contribution in [0.4, 0.5) is 4.39 Å². The molecule has 4 nitrogen and oxygen atoms in total. The standard InChI is InChI=1S/C17H12FN3O/c18-16-11(6-13(21)8-20)2-4-15-14-3-1-10(7-19)5-12(14)9-22-17(15)16/h1-5,13H,6,9,21H2. The van der Waals surface area contributed by atoms with E-state index in [1.807, 2.05) is 6.07 Å². The van der Waals surface area contributed by atoms with Crippen LogP contribution in [0.3, 0.4) is 0 Å². The summed E-state index contributed by atoms with van der Waals surface area (Å²) in [7, 11) is 0. The molecule has 0 fully saturated rings. The van der Waals surface area contributed by atoms with Crippen LogP contribution < -0.4 is 10.5 Å². The third-order valence-corrected chi connectivity index (χ3v) is 3.68. The fraction of sp³-hybridized carbons (Fsp3) is 0.176. The van der Waals surface area contributed by atoms with Gasteiger partial charge in [0.15, 0.2) is 11.6 Å². The molecule has 0 aliphatic carbocycles. The maximum Gasteiger partial charge on any atom is 0.169 e. The molecule has 108 valence electrons. The van der Waals surface area contributed by atoms with Crippen LogP contribution in [0.15, 0.2) is 30.3 Å². The first-order valence-electron chi connectivity index (χ1n) is 6.77. The zero-order chi connectivity index (χ0) is 15.7. The molecule has 2 aromatic carbocycles. The summed E-state index contributed by atoms with van der Waals surface area (Å²) in [6.45, 7) is 0.211. The smallest absolute Gasteiger partial charge is 0.169 e. The van der Waals surface area contributed by atoms with Gasteiger partial charge in [-0.25, -0.2) is 4.39 Å². The third kappa shape index (κ3) is 2.28. The van der Waals surface area contributed by atoms with Gasteiger partial charge in [-0.05, 0) is 28.8 Å². The van der Waals surface area contributed by atoms with Crippen molar-refractivity contribution < 1.29 is 9.13 Å². The summed E-state index contributed by atoms with van der Waals surface area (Å²) in [5.74, 6) is -0.293. The summed E-state index contributed by atoms with van der Waals surface area (Å²) in [6.07, 6.45) is 0.138. The second kappa shape index (κ2) is 5.48. The molecule has 0 bridgehead atoms. The van der Waals surface area contributed by atoms with Gasteiger partial charge in [-0.3, -0.25) is 0 Å². The molecule has 22 heavy (non-hydrogen) atoms. The Labute approximate surface area is 127 Å². The molecule has 0 saturated carbocycles. The number of nitrogens with two attached hydrogens (primary N) is 1. The van der Waals surface area contributed by atoms with Crippen molar-refractivity contribution in [3.63, 3.8) is 0 Å². The molecule has 0 radical (unpaired) electrons. The van der Waals surface area contributed by atoms with E-state index in [1.165, 1.54) is 0 Å². The van der Waals surface area contributed by atoms with Gasteiger partial charge in [-0.2, -0.15) is 10.5 Å². The molecule has 0 spiro atoms. The Morgan fingerprint density at radius 2 is 2.00 bits per heavy atom. The van der Waals surface area contributed by atoms with Crippen molar-refractivity contribution in [2.24, 2.45) is 5.73 Å². The normalized spacial score (nSPS) is 13.1. The quantitative estimate of drug-likeness (QED) is 0.922. The Balaban J connectivity index is 2.07. The number of rotatable bonds is 2. The average Bonchev–Trinajstić information content (AvgIpc) is 2.56. The molecule has 1 atom stereocenters. The van der Waals surface area contributed by atoms with Gasteiger partial charge in [0.1, 0.15) is 6.61 Å². The summed E-state index contributed by atoms with van der Waals surface area (Å²) in [6, 6.07) is 11.9. The van der Waals surface area contributed by atoms with Crippen molar-refractivity contribution >= 4 is 0 Å². The first kappa shape index (κ1) is 14.1. The van der Waals surface area contributed by atoms with Crippen LogP contribution in [0.5, 0.6) is 5.75 Å². The lowest BCUT2D eigenvalue weighted by atomic mass is 9.93. The molecular formula is C17H12FN3O. The number of ether oxygens (including phenoxy) is 1. The Kier molecular flexibility index (Phi) is 3.50. The summed E-state index contributed by atoms with van der Waals surface area (Å²) >= 11 is 0. The van der Waals surface area contributed by atoms with E-state index in [-0.39, 0.29) is 18.8 Å². The van der Waals surface area contributed by atoms with E-state index < -0.39 is 11.9 Å². The molecule has 1 heterocycles. The maximum absolute atomic E-state index is 14.5. The van der Waals surface area contributed by atoms with Crippen LogP contribution in [0.25, 0.3) is 11.1 Å². The SMILES string of the molecule is N#Cc1ccc2c(c1)COc1c-2ccc(CC(N)C#N)c1F. The lowest BCUT2D eigenvalue weighted by Crippen LogP contribution is -2.21. The number of halogens is 1. The minimum absolute atomic E-state index is 0.138. The van der Waals surface area contributed by atoms with Crippen LogP contribution in [-0.2, 0) is 13.0 Å². The topological polar surface area (TPSA) is 82.8 Å². The van der Waals surface area contributed by atoms with Gasteiger partial charge in [0.2, 0.25) is 0 Å². The maximum atomic E-state index is 14.5. The molecule has 0 aromatic heterocycles. The largest absolute Gasteiger partial charge is 0.485 e. The van der Waals surface area contributed by atoms with Crippen molar-refractivity contribution in [3.8, 4) is 29.0 Å². The number of nitriles is 2. The fourth-order valence-electron chi connectivity index (χ4n) is 2.59. The summed E-state index contributed by atoms with van der Waals surface area (Å²) < 4.78 is 20.1. The first-order chi connectivity index (χ1) is 10.6. The van der Waals surface area contributed by atoms with Crippen LogP contribution in [0, 0.1) is 28.5 Å². The molecule has 1 unspecified atom stereocenters. The van der Waals surface area contributed by atoms with Gasteiger partial charge in [0, 0.05) is 12.0 Å². The Morgan fingerprint density at radius 1 is 1.23 bits per heavy atom. The molecule has 0 amide bonds. The van der Waals surface area contributed by atoms with E-state index in [2.05, 4.69) is 6.07 Å². The van der Waals surface area contributed by atoms with E-state index >= 15 is 0 Å². The third-order valence-electron chi connectivity index (χ3n) is 3.68. The number of hydrogen-bond donors (Lipinski definition) is 1. The van der Waals surface area contributed by atoms with Gasteiger partial charge in [-0.1, -0.05) is 18.2 Å². The van der Waals surface area contributed by atoms with Crippen molar-refractivity contribution in [2.45, 2.75) is 19.1 Å². The fourth-order valence-corrected chi connectivity index (χ4v) is 2.59. The lowest BCUT2D eigenvalue weighted by Gasteiger charge is -2.22. The molecule has 3 rings (SSSR count). The Bertz CT molecular complexity index is 833. The molecule has 2 N–H and O–H groups in total. The van der Waals surface area contributed by atoms with Crippen molar-refractivity contribution in [1.29, 1.82) is 10.5 Å². The predicted molar refractivity (Wildman–Crippen MR) is 78.2 cm³/mol. The van der Waals surface area contributed by atoms with E-state index in [0.29, 0.717) is 16.7 Å². The summed E-state index contributed by atoms with van der Waals surface area (Å²) in [5, 5.41) is 17.7. The van der Waals surface area contributed by atoms with Crippen molar-refractivity contribution in [2.75, 3.05) is 0 Å². The van der Waals surface area contributed by atoms with Gasteiger partial charge >= 0.3 is 0 Å². The van der Waals surface area contributed by atoms with Crippen LogP contribution >= 0.6 is 0 Å². The monoisotopic (exact) mass is 293 g/mol. The first-order valence-corrected chi connectivity index (χ1v) is 6.77. The van der Waals surface area contributed by atoms with E-state index in [0.717, 1.165) is 11.1 Å². The molecular weight excluding hydrogens is 281 g/mol. The number of hydrogen-bond acceptors (Lipinski definition) is 4. The average molecular weight is 293 g/mol. The Hall–Kier alpha value is -2.89. The number of nitrogens with zero attached hydrogens (tertiary/aromatic N) is 2.